The highest BCUT2D eigenvalue weighted by Crippen LogP contribution is 2.31. The van der Waals surface area contributed by atoms with Crippen molar-refractivity contribution in [1.29, 1.82) is 0 Å². The van der Waals surface area contributed by atoms with E-state index in [9.17, 15) is 14.7 Å². The van der Waals surface area contributed by atoms with Crippen molar-refractivity contribution in [3.8, 4) is 11.1 Å². The predicted molar refractivity (Wildman–Crippen MR) is 96.2 cm³/mol. The zero-order valence-corrected chi connectivity index (χ0v) is 13.4. The zero-order chi connectivity index (χ0) is 18.0. The summed E-state index contributed by atoms with van der Waals surface area (Å²) in [7, 11) is 0. The Hall–Kier alpha value is -3.32. The molecule has 0 unspecified atom stereocenters. The third-order valence-electron chi connectivity index (χ3n) is 4.00. The van der Waals surface area contributed by atoms with Gasteiger partial charge < -0.3 is 21.6 Å². The minimum Gasteiger partial charge on any atom is -0.396 e. The predicted octanol–water partition coefficient (Wildman–Crippen LogP) is 1.96. The van der Waals surface area contributed by atoms with Crippen molar-refractivity contribution in [1.82, 2.24) is 4.98 Å². The maximum atomic E-state index is 11.8. The second kappa shape index (κ2) is 6.66. The van der Waals surface area contributed by atoms with Gasteiger partial charge in [0, 0.05) is 17.5 Å². The fraction of sp³-hybridized carbons (Fsp3) is 0.111. The van der Waals surface area contributed by atoms with Crippen molar-refractivity contribution < 1.29 is 14.7 Å². The van der Waals surface area contributed by atoms with Crippen molar-refractivity contribution in [2.24, 2.45) is 11.5 Å². The summed E-state index contributed by atoms with van der Waals surface area (Å²) in [5.41, 5.74) is 14.3. The molecule has 0 spiro atoms. The Kier molecular flexibility index (Phi) is 4.40. The molecule has 1 aromatic heterocycles. The highest BCUT2D eigenvalue weighted by molar-refractivity contribution is 6.13. The van der Waals surface area contributed by atoms with E-state index in [2.05, 4.69) is 10.3 Å². The van der Waals surface area contributed by atoms with Gasteiger partial charge in [-0.1, -0.05) is 36.4 Å². The summed E-state index contributed by atoms with van der Waals surface area (Å²) in [6.07, 6.45) is 0.542. The number of aliphatic hydroxyl groups is 1. The van der Waals surface area contributed by atoms with Gasteiger partial charge in [0.2, 0.25) is 0 Å². The number of carbonyl (C=O) groups is 2. The number of amides is 3. The summed E-state index contributed by atoms with van der Waals surface area (Å²) in [5, 5.41) is 12.2. The van der Waals surface area contributed by atoms with Crippen molar-refractivity contribution >= 4 is 28.7 Å². The van der Waals surface area contributed by atoms with Crippen LogP contribution in [-0.4, -0.2) is 28.6 Å². The van der Waals surface area contributed by atoms with Crippen molar-refractivity contribution in [2.45, 2.75) is 6.42 Å². The number of nitrogens with two attached hydrogens (primary N) is 2. The van der Waals surface area contributed by atoms with Crippen LogP contribution in [0.5, 0.6) is 0 Å². The molecule has 2 aromatic carbocycles. The molecular weight excluding hydrogens is 320 g/mol. The lowest BCUT2D eigenvalue weighted by atomic mass is 9.97. The number of H-pyrrole nitrogens is 1. The molecular formula is C18H18N4O3. The van der Waals surface area contributed by atoms with Crippen LogP contribution in [-0.2, 0) is 6.42 Å². The van der Waals surface area contributed by atoms with E-state index in [0.717, 1.165) is 16.7 Å². The van der Waals surface area contributed by atoms with Crippen molar-refractivity contribution in [2.75, 3.05) is 11.9 Å². The first kappa shape index (κ1) is 16.5. The fourth-order valence-corrected chi connectivity index (χ4v) is 2.98. The number of urea groups is 1. The minimum absolute atomic E-state index is 0.0558. The Morgan fingerprint density at radius 3 is 2.56 bits per heavy atom. The lowest BCUT2D eigenvalue weighted by molar-refractivity contribution is 0.100. The molecule has 7 nitrogen and oxygen atoms in total. The molecule has 3 rings (SSSR count). The molecule has 1 heterocycles. The van der Waals surface area contributed by atoms with Crippen molar-refractivity contribution in [3.63, 3.8) is 0 Å². The lowest BCUT2D eigenvalue weighted by Gasteiger charge is -2.09. The van der Waals surface area contributed by atoms with Gasteiger partial charge in [-0.05, 0) is 29.2 Å². The van der Waals surface area contributed by atoms with Crippen LogP contribution in [0.15, 0.2) is 42.5 Å². The molecule has 3 aromatic rings. The lowest BCUT2D eigenvalue weighted by Crippen LogP contribution is -2.22. The second-order valence-corrected chi connectivity index (χ2v) is 5.62. The van der Waals surface area contributed by atoms with Crippen LogP contribution in [0.4, 0.5) is 10.6 Å². The quantitative estimate of drug-likeness (QED) is 0.486. The van der Waals surface area contributed by atoms with E-state index < -0.39 is 11.9 Å². The van der Waals surface area contributed by atoms with Gasteiger partial charge in [-0.2, -0.15) is 0 Å². The summed E-state index contributed by atoms with van der Waals surface area (Å²) >= 11 is 0. The van der Waals surface area contributed by atoms with Crippen LogP contribution in [0.25, 0.3) is 22.0 Å². The maximum Gasteiger partial charge on any atom is 0.317 e. The average molecular weight is 338 g/mol. The number of rotatable bonds is 5. The molecule has 0 bridgehead atoms. The number of aromatic amines is 1. The smallest absolute Gasteiger partial charge is 0.317 e. The standard InChI is InChI=1S/C18H18N4O3/c19-16(24)15-13-6-5-11(9-14(13)21-17(15)22-18(20)25)12-4-2-1-3-10(12)7-8-23/h1-6,9,21,23H,7-8H2,(H2,19,24)(H3,20,22,25). The SMILES string of the molecule is NC(=O)Nc1[nH]c2cc(-c3ccccc3CCO)ccc2c1C(N)=O. The molecule has 0 fully saturated rings. The average Bonchev–Trinajstić information content (AvgIpc) is 2.91. The fourth-order valence-electron chi connectivity index (χ4n) is 2.98. The Morgan fingerprint density at radius 1 is 1.12 bits per heavy atom. The minimum atomic E-state index is -0.789. The van der Waals surface area contributed by atoms with Crippen LogP contribution in [0, 0.1) is 0 Å². The Bertz CT molecular complexity index is 962. The Balaban J connectivity index is 2.15. The zero-order valence-electron chi connectivity index (χ0n) is 13.4. The number of hydrogen-bond acceptors (Lipinski definition) is 3. The van der Waals surface area contributed by atoms with Gasteiger partial charge in [0.05, 0.1) is 5.56 Å². The van der Waals surface area contributed by atoms with E-state index >= 15 is 0 Å². The molecule has 0 saturated carbocycles. The van der Waals surface area contributed by atoms with Gasteiger partial charge in [-0.25, -0.2) is 4.79 Å². The summed E-state index contributed by atoms with van der Waals surface area (Å²) in [6.45, 7) is 0.0558. The number of benzene rings is 2. The second-order valence-electron chi connectivity index (χ2n) is 5.62. The first-order valence-corrected chi connectivity index (χ1v) is 7.72. The van der Waals surface area contributed by atoms with E-state index in [1.54, 1.807) is 6.07 Å². The van der Waals surface area contributed by atoms with E-state index in [0.29, 0.717) is 17.3 Å². The normalized spacial score (nSPS) is 10.8. The molecule has 0 aliphatic heterocycles. The van der Waals surface area contributed by atoms with E-state index in [4.69, 9.17) is 11.5 Å². The highest BCUT2D eigenvalue weighted by atomic mass is 16.3. The number of aliphatic hydroxyl groups excluding tert-OH is 1. The third-order valence-corrected chi connectivity index (χ3v) is 4.00. The molecule has 7 N–H and O–H groups in total. The van der Waals surface area contributed by atoms with Crippen LogP contribution < -0.4 is 16.8 Å². The third kappa shape index (κ3) is 3.17. The molecule has 128 valence electrons. The monoisotopic (exact) mass is 338 g/mol. The number of carbonyl (C=O) groups excluding carboxylic acids is 2. The van der Waals surface area contributed by atoms with Gasteiger partial charge in [0.1, 0.15) is 5.82 Å². The van der Waals surface area contributed by atoms with Crippen LogP contribution >= 0.6 is 0 Å². The van der Waals surface area contributed by atoms with Gasteiger partial charge in [0.25, 0.3) is 5.91 Å². The Morgan fingerprint density at radius 2 is 1.88 bits per heavy atom. The van der Waals surface area contributed by atoms with E-state index in [1.165, 1.54) is 0 Å². The van der Waals surface area contributed by atoms with E-state index in [-0.39, 0.29) is 18.0 Å². The summed E-state index contributed by atoms with van der Waals surface area (Å²) in [6, 6.07) is 12.5. The summed E-state index contributed by atoms with van der Waals surface area (Å²) in [5.74, 6) is -0.487. The first-order valence-electron chi connectivity index (χ1n) is 7.72. The van der Waals surface area contributed by atoms with Crippen molar-refractivity contribution in [3.05, 3.63) is 53.6 Å². The molecule has 0 atom stereocenters. The van der Waals surface area contributed by atoms with Gasteiger partial charge in [-0.15, -0.1) is 0 Å². The highest BCUT2D eigenvalue weighted by Gasteiger charge is 2.18. The van der Waals surface area contributed by atoms with Crippen LogP contribution in [0.3, 0.4) is 0 Å². The number of aromatic nitrogens is 1. The van der Waals surface area contributed by atoms with Gasteiger partial charge in [-0.3, -0.25) is 10.1 Å². The number of nitrogens with one attached hydrogen (secondary N) is 2. The molecule has 25 heavy (non-hydrogen) atoms. The molecule has 7 heteroatoms. The number of hydrogen-bond donors (Lipinski definition) is 5. The molecule has 0 aliphatic rings. The number of anilines is 1. The summed E-state index contributed by atoms with van der Waals surface area (Å²) in [4.78, 5) is 25.9. The maximum absolute atomic E-state index is 11.8. The first-order chi connectivity index (χ1) is 12.0. The van der Waals surface area contributed by atoms with E-state index in [1.807, 2.05) is 36.4 Å². The largest absolute Gasteiger partial charge is 0.396 e. The number of fused-ring (bicyclic) bond motifs is 1. The molecule has 0 saturated heterocycles. The Labute approximate surface area is 143 Å². The van der Waals surface area contributed by atoms with Crippen LogP contribution in [0.2, 0.25) is 0 Å². The molecule has 0 radical (unpaired) electrons. The molecule has 3 amide bonds. The van der Waals surface area contributed by atoms with Gasteiger partial charge >= 0.3 is 6.03 Å². The van der Waals surface area contributed by atoms with Crippen LogP contribution in [0.1, 0.15) is 15.9 Å². The summed E-state index contributed by atoms with van der Waals surface area (Å²) < 4.78 is 0. The van der Waals surface area contributed by atoms with Gasteiger partial charge in [0.15, 0.2) is 0 Å². The number of primary amides is 2. The topological polar surface area (TPSA) is 134 Å². The molecule has 0 aliphatic carbocycles.